The second-order valence-corrected chi connectivity index (χ2v) is 4.96. The van der Waals surface area contributed by atoms with Crippen molar-refractivity contribution in [3.63, 3.8) is 0 Å². The summed E-state index contributed by atoms with van der Waals surface area (Å²) < 4.78 is 0. The number of aromatic nitrogens is 1. The quantitative estimate of drug-likeness (QED) is 0.621. The van der Waals surface area contributed by atoms with Gasteiger partial charge in [0.2, 0.25) is 0 Å². The molecular weight excluding hydrogens is 268 g/mol. The van der Waals surface area contributed by atoms with Crippen molar-refractivity contribution < 1.29 is 4.92 Å². The molecule has 1 aromatic heterocycles. The molecule has 0 saturated heterocycles. The molecule has 6 heteroatoms. The molecule has 0 saturated carbocycles. The lowest BCUT2D eigenvalue weighted by atomic mass is 10.1. The molecular formula is C15H16N4O2. The van der Waals surface area contributed by atoms with E-state index in [-0.39, 0.29) is 11.7 Å². The first-order valence-corrected chi connectivity index (χ1v) is 6.72. The Balaban J connectivity index is 2.70. The molecule has 1 aromatic carbocycles. The predicted molar refractivity (Wildman–Crippen MR) is 81.1 cm³/mol. The zero-order valence-corrected chi connectivity index (χ0v) is 12.0. The number of hydrogen-bond donors (Lipinski definition) is 0. The Labute approximate surface area is 122 Å². The highest BCUT2D eigenvalue weighted by Crippen LogP contribution is 2.35. The van der Waals surface area contributed by atoms with Crippen molar-refractivity contribution in [1.82, 2.24) is 4.98 Å². The van der Waals surface area contributed by atoms with Crippen molar-refractivity contribution in [2.75, 3.05) is 11.4 Å². The summed E-state index contributed by atoms with van der Waals surface area (Å²) in [5.74, 6) is 0. The minimum Gasteiger partial charge on any atom is -0.362 e. The lowest BCUT2D eigenvalue weighted by Crippen LogP contribution is -2.32. The molecule has 0 bridgehead atoms. The third-order valence-corrected chi connectivity index (χ3v) is 3.30. The average Bonchev–Trinajstić information content (AvgIpc) is 2.47. The lowest BCUT2D eigenvalue weighted by molar-refractivity contribution is -0.384. The van der Waals surface area contributed by atoms with Gasteiger partial charge in [0.1, 0.15) is 11.9 Å². The lowest BCUT2D eigenvalue weighted by Gasteiger charge is -2.28. The van der Waals surface area contributed by atoms with E-state index in [1.807, 2.05) is 43.0 Å². The zero-order valence-electron chi connectivity index (χ0n) is 12.0. The van der Waals surface area contributed by atoms with Crippen molar-refractivity contribution >= 4 is 22.3 Å². The van der Waals surface area contributed by atoms with Crippen LogP contribution in [-0.2, 0) is 0 Å². The van der Waals surface area contributed by atoms with Gasteiger partial charge in [0.25, 0.3) is 0 Å². The molecule has 2 aromatic rings. The summed E-state index contributed by atoms with van der Waals surface area (Å²) in [6, 6.07) is 9.47. The summed E-state index contributed by atoms with van der Waals surface area (Å²) in [4.78, 5) is 17.0. The van der Waals surface area contributed by atoms with Gasteiger partial charge in [0.15, 0.2) is 0 Å². The highest BCUT2D eigenvalue weighted by atomic mass is 16.6. The molecule has 1 heterocycles. The summed E-state index contributed by atoms with van der Waals surface area (Å²) >= 11 is 0. The maximum atomic E-state index is 11.3. The molecule has 0 aliphatic rings. The van der Waals surface area contributed by atoms with Gasteiger partial charge in [0.05, 0.1) is 22.9 Å². The van der Waals surface area contributed by atoms with Gasteiger partial charge in [-0.05, 0) is 19.9 Å². The summed E-state index contributed by atoms with van der Waals surface area (Å²) in [6.07, 6.45) is 1.60. The van der Waals surface area contributed by atoms with Crippen molar-refractivity contribution in [2.24, 2.45) is 0 Å². The van der Waals surface area contributed by atoms with Gasteiger partial charge in [-0.3, -0.25) is 10.1 Å². The number of nitro groups is 1. The molecule has 0 spiro atoms. The van der Waals surface area contributed by atoms with Gasteiger partial charge in [0, 0.05) is 18.0 Å². The molecule has 0 fully saturated rings. The minimum absolute atomic E-state index is 0.0275. The van der Waals surface area contributed by atoms with Crippen LogP contribution in [0.25, 0.3) is 10.9 Å². The summed E-state index contributed by atoms with van der Waals surface area (Å²) in [5.41, 5.74) is 1.22. The second kappa shape index (κ2) is 6.18. The van der Waals surface area contributed by atoms with E-state index in [1.54, 1.807) is 0 Å². The zero-order chi connectivity index (χ0) is 15.4. The largest absolute Gasteiger partial charge is 0.362 e. The van der Waals surface area contributed by atoms with Crippen molar-refractivity contribution in [3.05, 3.63) is 40.6 Å². The fourth-order valence-electron chi connectivity index (χ4n) is 2.35. The number of para-hydroxylation sites is 1. The number of benzene rings is 1. The Kier molecular flexibility index (Phi) is 4.33. The number of anilines is 1. The van der Waals surface area contributed by atoms with E-state index in [2.05, 4.69) is 11.1 Å². The molecule has 0 aliphatic heterocycles. The van der Waals surface area contributed by atoms with Crippen LogP contribution < -0.4 is 4.90 Å². The fraction of sp³-hybridized carbons (Fsp3) is 0.333. The van der Waals surface area contributed by atoms with Crippen LogP contribution >= 0.6 is 0 Å². The van der Waals surface area contributed by atoms with E-state index in [0.29, 0.717) is 24.2 Å². The Bertz CT molecular complexity index is 706. The summed E-state index contributed by atoms with van der Waals surface area (Å²) in [5, 5.41) is 20.9. The minimum atomic E-state index is -0.420. The van der Waals surface area contributed by atoms with E-state index in [1.165, 1.54) is 6.20 Å². The van der Waals surface area contributed by atoms with E-state index in [4.69, 9.17) is 5.26 Å². The predicted octanol–water partition coefficient (Wildman–Crippen LogP) is 3.27. The number of pyridine rings is 1. The molecule has 0 unspecified atom stereocenters. The van der Waals surface area contributed by atoms with Crippen LogP contribution in [0.1, 0.15) is 20.3 Å². The molecule has 2 rings (SSSR count). The number of fused-ring (bicyclic) bond motifs is 1. The molecule has 0 aliphatic carbocycles. The van der Waals surface area contributed by atoms with Gasteiger partial charge in [-0.25, -0.2) is 4.98 Å². The standard InChI is InChI=1S/C15H16N4O2/c1-11(2)18(9-5-8-16)15-12-6-3-4-7-13(12)17-10-14(15)19(20)21/h3-4,6-7,10-11H,5,9H2,1-2H3. The average molecular weight is 284 g/mol. The molecule has 0 radical (unpaired) electrons. The van der Waals surface area contributed by atoms with Crippen LogP contribution in [0, 0.1) is 21.4 Å². The van der Waals surface area contributed by atoms with Crippen LogP contribution in [0.3, 0.4) is 0 Å². The first kappa shape index (κ1) is 14.7. The van der Waals surface area contributed by atoms with Crippen molar-refractivity contribution in [3.8, 4) is 6.07 Å². The van der Waals surface area contributed by atoms with Crippen LogP contribution in [-0.4, -0.2) is 22.5 Å². The van der Waals surface area contributed by atoms with Crippen molar-refractivity contribution in [1.29, 1.82) is 5.26 Å². The molecule has 21 heavy (non-hydrogen) atoms. The first-order chi connectivity index (χ1) is 10.1. The van der Waals surface area contributed by atoms with Gasteiger partial charge in [-0.2, -0.15) is 5.26 Å². The summed E-state index contributed by atoms with van der Waals surface area (Å²) in [6.45, 7) is 4.36. The Morgan fingerprint density at radius 1 is 1.43 bits per heavy atom. The van der Waals surface area contributed by atoms with Crippen LogP contribution in [0.4, 0.5) is 11.4 Å². The number of hydrogen-bond acceptors (Lipinski definition) is 5. The van der Waals surface area contributed by atoms with Gasteiger partial charge >= 0.3 is 5.69 Å². The molecule has 108 valence electrons. The van der Waals surface area contributed by atoms with Crippen LogP contribution in [0.5, 0.6) is 0 Å². The van der Waals surface area contributed by atoms with E-state index in [9.17, 15) is 10.1 Å². The topological polar surface area (TPSA) is 83.1 Å². The first-order valence-electron chi connectivity index (χ1n) is 6.72. The summed E-state index contributed by atoms with van der Waals surface area (Å²) in [7, 11) is 0. The van der Waals surface area contributed by atoms with E-state index in [0.717, 1.165) is 5.39 Å². The molecule has 0 N–H and O–H groups in total. The van der Waals surface area contributed by atoms with E-state index < -0.39 is 4.92 Å². The third kappa shape index (κ3) is 2.92. The molecule has 0 atom stereocenters. The maximum absolute atomic E-state index is 11.3. The van der Waals surface area contributed by atoms with Gasteiger partial charge in [-0.15, -0.1) is 0 Å². The molecule has 6 nitrogen and oxygen atoms in total. The van der Waals surface area contributed by atoms with Crippen LogP contribution in [0.15, 0.2) is 30.5 Å². The number of nitriles is 1. The highest BCUT2D eigenvalue weighted by Gasteiger charge is 2.24. The smallest absolute Gasteiger partial charge is 0.311 e. The third-order valence-electron chi connectivity index (χ3n) is 3.30. The normalized spacial score (nSPS) is 10.6. The number of nitrogens with zero attached hydrogens (tertiary/aromatic N) is 4. The van der Waals surface area contributed by atoms with E-state index >= 15 is 0 Å². The maximum Gasteiger partial charge on any atom is 0.311 e. The highest BCUT2D eigenvalue weighted by molar-refractivity contribution is 5.96. The van der Waals surface area contributed by atoms with Crippen LogP contribution in [0.2, 0.25) is 0 Å². The van der Waals surface area contributed by atoms with Gasteiger partial charge in [-0.1, -0.05) is 18.2 Å². The fourth-order valence-corrected chi connectivity index (χ4v) is 2.35. The van der Waals surface area contributed by atoms with Gasteiger partial charge < -0.3 is 4.90 Å². The Morgan fingerprint density at radius 3 is 2.76 bits per heavy atom. The SMILES string of the molecule is CC(C)N(CCC#N)c1c([N+](=O)[O-])cnc2ccccc12. The Hall–Kier alpha value is -2.68. The Morgan fingerprint density at radius 2 is 2.14 bits per heavy atom. The second-order valence-electron chi connectivity index (χ2n) is 4.96. The monoisotopic (exact) mass is 284 g/mol. The number of rotatable bonds is 5. The molecule has 0 amide bonds. The van der Waals surface area contributed by atoms with Crippen molar-refractivity contribution in [2.45, 2.75) is 26.3 Å².